The summed E-state index contributed by atoms with van der Waals surface area (Å²) in [6.45, 7) is 0.759. The first kappa shape index (κ1) is 13.1. The molecule has 1 amide bonds. The third kappa shape index (κ3) is 2.07. The summed E-state index contributed by atoms with van der Waals surface area (Å²) < 4.78 is 1.65. The lowest BCUT2D eigenvalue weighted by Crippen LogP contribution is -2.30. The molecule has 0 aliphatic carbocycles. The van der Waals surface area contributed by atoms with Crippen molar-refractivity contribution < 1.29 is 4.79 Å². The highest BCUT2D eigenvalue weighted by atomic mass is 16.2. The van der Waals surface area contributed by atoms with Crippen LogP contribution in [0.5, 0.6) is 0 Å². The minimum absolute atomic E-state index is 0.0140. The van der Waals surface area contributed by atoms with Gasteiger partial charge in [0.25, 0.3) is 5.91 Å². The summed E-state index contributed by atoms with van der Waals surface area (Å²) in [5, 5.41) is 4.09. The summed E-state index contributed by atoms with van der Waals surface area (Å²) in [4.78, 5) is 22.6. The van der Waals surface area contributed by atoms with Crippen LogP contribution in [0, 0.1) is 0 Å². The van der Waals surface area contributed by atoms with E-state index in [1.807, 2.05) is 36.2 Å². The molecule has 0 bridgehead atoms. The van der Waals surface area contributed by atoms with E-state index >= 15 is 0 Å². The average molecular weight is 295 g/mol. The molecule has 6 heteroatoms. The molecule has 1 saturated heterocycles. The number of aryl methyl sites for hydroxylation is 1. The molecule has 1 aromatic carbocycles. The summed E-state index contributed by atoms with van der Waals surface area (Å²) in [6.07, 6.45) is 5.31. The standard InChI is InChI=1S/C16H17N5O/c1-20-10-11(9-17-20)16(22)21-8-4-7-14(21)15-18-12-5-2-3-6-13(12)19-15/h2-3,5-6,9-10,14H,4,7-8H2,1H3,(H,18,19). The van der Waals surface area contributed by atoms with E-state index in [1.54, 1.807) is 17.1 Å². The van der Waals surface area contributed by atoms with Gasteiger partial charge in [-0.25, -0.2) is 4.98 Å². The largest absolute Gasteiger partial charge is 0.340 e. The number of benzene rings is 1. The number of likely N-dealkylation sites (tertiary alicyclic amines) is 1. The van der Waals surface area contributed by atoms with Gasteiger partial charge in [-0.2, -0.15) is 5.10 Å². The Morgan fingerprint density at radius 1 is 1.36 bits per heavy atom. The number of carbonyl (C=O) groups excluding carboxylic acids is 1. The molecule has 1 unspecified atom stereocenters. The quantitative estimate of drug-likeness (QED) is 0.788. The van der Waals surface area contributed by atoms with E-state index in [0.29, 0.717) is 5.56 Å². The molecule has 0 spiro atoms. The summed E-state index contributed by atoms with van der Waals surface area (Å²) in [7, 11) is 1.82. The molecule has 22 heavy (non-hydrogen) atoms. The Morgan fingerprint density at radius 2 is 2.23 bits per heavy atom. The second-order valence-electron chi connectivity index (χ2n) is 5.70. The van der Waals surface area contributed by atoms with Crippen LogP contribution in [0.2, 0.25) is 0 Å². The van der Waals surface area contributed by atoms with E-state index in [-0.39, 0.29) is 11.9 Å². The fraction of sp³-hybridized carbons (Fsp3) is 0.312. The normalized spacial score (nSPS) is 18.2. The van der Waals surface area contributed by atoms with Crippen molar-refractivity contribution in [3.05, 3.63) is 48.0 Å². The number of nitrogens with zero attached hydrogens (tertiary/aromatic N) is 4. The number of carbonyl (C=O) groups is 1. The van der Waals surface area contributed by atoms with Crippen LogP contribution >= 0.6 is 0 Å². The van der Waals surface area contributed by atoms with E-state index in [4.69, 9.17) is 0 Å². The first-order valence-electron chi connectivity index (χ1n) is 7.46. The molecular formula is C16H17N5O. The van der Waals surface area contributed by atoms with Gasteiger partial charge in [0.1, 0.15) is 5.82 Å². The molecule has 3 aromatic rings. The topological polar surface area (TPSA) is 66.8 Å². The van der Waals surface area contributed by atoms with Crippen LogP contribution < -0.4 is 0 Å². The van der Waals surface area contributed by atoms with Crippen molar-refractivity contribution in [2.75, 3.05) is 6.54 Å². The number of H-pyrrole nitrogens is 1. The average Bonchev–Trinajstić information content (AvgIpc) is 3.24. The van der Waals surface area contributed by atoms with Gasteiger partial charge in [-0.15, -0.1) is 0 Å². The Hall–Kier alpha value is -2.63. The van der Waals surface area contributed by atoms with Gasteiger partial charge >= 0.3 is 0 Å². The van der Waals surface area contributed by atoms with Gasteiger partial charge in [0.2, 0.25) is 0 Å². The summed E-state index contributed by atoms with van der Waals surface area (Å²) in [6, 6.07) is 7.96. The number of nitrogens with one attached hydrogen (secondary N) is 1. The van der Waals surface area contributed by atoms with Gasteiger partial charge in [0.05, 0.1) is 28.8 Å². The highest BCUT2D eigenvalue weighted by Crippen LogP contribution is 2.32. The smallest absolute Gasteiger partial charge is 0.257 e. The summed E-state index contributed by atoms with van der Waals surface area (Å²) in [5.74, 6) is 0.895. The Morgan fingerprint density at radius 3 is 3.00 bits per heavy atom. The molecule has 3 heterocycles. The number of para-hydroxylation sites is 2. The Balaban J connectivity index is 1.67. The summed E-state index contributed by atoms with van der Waals surface area (Å²) >= 11 is 0. The molecule has 2 aromatic heterocycles. The fourth-order valence-corrected chi connectivity index (χ4v) is 3.12. The van der Waals surface area contributed by atoms with Crippen LogP contribution in [0.15, 0.2) is 36.7 Å². The van der Waals surface area contributed by atoms with E-state index in [1.165, 1.54) is 0 Å². The minimum atomic E-state index is 0.0140. The van der Waals surface area contributed by atoms with Crippen molar-refractivity contribution in [1.29, 1.82) is 0 Å². The molecule has 1 atom stereocenters. The molecule has 6 nitrogen and oxygen atoms in total. The predicted octanol–water partition coefficient (Wildman–Crippen LogP) is 2.27. The van der Waals surface area contributed by atoms with E-state index < -0.39 is 0 Å². The Kier molecular flexibility index (Phi) is 2.96. The number of hydrogen-bond donors (Lipinski definition) is 1. The Labute approximate surface area is 127 Å². The van der Waals surface area contributed by atoms with Crippen molar-refractivity contribution in [2.24, 2.45) is 7.05 Å². The van der Waals surface area contributed by atoms with E-state index in [9.17, 15) is 4.79 Å². The molecule has 1 N–H and O–H groups in total. The molecule has 0 radical (unpaired) electrons. The molecule has 0 saturated carbocycles. The zero-order valence-electron chi connectivity index (χ0n) is 12.4. The number of imidazole rings is 1. The van der Waals surface area contributed by atoms with Crippen LogP contribution in [-0.2, 0) is 7.05 Å². The lowest BCUT2D eigenvalue weighted by Gasteiger charge is -2.22. The molecule has 1 fully saturated rings. The highest BCUT2D eigenvalue weighted by Gasteiger charge is 2.33. The van der Waals surface area contributed by atoms with Crippen molar-refractivity contribution in [3.63, 3.8) is 0 Å². The monoisotopic (exact) mass is 295 g/mol. The van der Waals surface area contributed by atoms with E-state index in [0.717, 1.165) is 36.2 Å². The number of hydrogen-bond acceptors (Lipinski definition) is 3. The first-order chi connectivity index (χ1) is 10.7. The van der Waals surface area contributed by atoms with Gasteiger partial charge in [0.15, 0.2) is 0 Å². The van der Waals surface area contributed by atoms with Crippen molar-refractivity contribution in [3.8, 4) is 0 Å². The zero-order valence-corrected chi connectivity index (χ0v) is 12.4. The molecule has 1 aliphatic rings. The lowest BCUT2D eigenvalue weighted by atomic mass is 10.2. The zero-order chi connectivity index (χ0) is 15.1. The first-order valence-corrected chi connectivity index (χ1v) is 7.46. The SMILES string of the molecule is Cn1cc(C(=O)N2CCCC2c2nc3ccccc3[nH]2)cn1. The van der Waals surface area contributed by atoms with Gasteiger partial charge < -0.3 is 9.88 Å². The van der Waals surface area contributed by atoms with Crippen LogP contribution in [-0.4, -0.2) is 37.1 Å². The fourth-order valence-electron chi connectivity index (χ4n) is 3.12. The lowest BCUT2D eigenvalue weighted by molar-refractivity contribution is 0.0730. The maximum Gasteiger partial charge on any atom is 0.257 e. The van der Waals surface area contributed by atoms with E-state index in [2.05, 4.69) is 15.1 Å². The van der Waals surface area contributed by atoms with Gasteiger partial charge in [-0.3, -0.25) is 9.48 Å². The van der Waals surface area contributed by atoms with Crippen molar-refractivity contribution in [1.82, 2.24) is 24.6 Å². The third-order valence-corrected chi connectivity index (χ3v) is 4.19. The van der Waals surface area contributed by atoms with Crippen molar-refractivity contribution in [2.45, 2.75) is 18.9 Å². The van der Waals surface area contributed by atoms with Crippen LogP contribution in [0.1, 0.15) is 35.1 Å². The molecule has 1 aliphatic heterocycles. The molecular weight excluding hydrogens is 278 g/mol. The second kappa shape index (κ2) is 4.98. The maximum absolute atomic E-state index is 12.7. The van der Waals surface area contributed by atoms with Crippen LogP contribution in [0.3, 0.4) is 0 Å². The van der Waals surface area contributed by atoms with Crippen molar-refractivity contribution >= 4 is 16.9 Å². The number of rotatable bonds is 2. The number of amides is 1. The maximum atomic E-state index is 12.7. The second-order valence-corrected chi connectivity index (χ2v) is 5.70. The van der Waals surface area contributed by atoms with Gasteiger partial charge in [0, 0.05) is 19.8 Å². The van der Waals surface area contributed by atoms with Crippen LogP contribution in [0.25, 0.3) is 11.0 Å². The van der Waals surface area contributed by atoms with Gasteiger partial charge in [-0.1, -0.05) is 12.1 Å². The predicted molar refractivity (Wildman–Crippen MR) is 82.3 cm³/mol. The summed E-state index contributed by atoms with van der Waals surface area (Å²) in [5.41, 5.74) is 2.59. The van der Waals surface area contributed by atoms with Gasteiger partial charge in [-0.05, 0) is 25.0 Å². The minimum Gasteiger partial charge on any atom is -0.340 e. The van der Waals surface area contributed by atoms with Crippen LogP contribution in [0.4, 0.5) is 0 Å². The number of aromatic amines is 1. The molecule has 112 valence electrons. The number of fused-ring (bicyclic) bond motifs is 1. The Bertz CT molecular complexity index is 801. The number of aromatic nitrogens is 4. The highest BCUT2D eigenvalue weighted by molar-refractivity contribution is 5.94. The third-order valence-electron chi connectivity index (χ3n) is 4.19. The molecule has 4 rings (SSSR count).